The zero-order valence-corrected chi connectivity index (χ0v) is 26.7. The van der Waals surface area contributed by atoms with Crippen molar-refractivity contribution in [2.24, 2.45) is 10.1 Å². The highest BCUT2D eigenvalue weighted by atomic mass is 16.6. The summed E-state index contributed by atoms with van der Waals surface area (Å²) in [5, 5.41) is 16.0. The first-order valence-corrected chi connectivity index (χ1v) is 15.3. The van der Waals surface area contributed by atoms with E-state index >= 15 is 0 Å². The maximum Gasteiger partial charge on any atom is 0.306 e. The predicted octanol–water partition coefficient (Wildman–Crippen LogP) is 6.44. The fourth-order valence-corrected chi connectivity index (χ4v) is 5.11. The fraction of sp³-hybridized carbons (Fsp3) is 0.400. The molecule has 0 spiro atoms. The number of rotatable bonds is 14. The van der Waals surface area contributed by atoms with Crippen molar-refractivity contribution in [2.75, 3.05) is 19.8 Å². The van der Waals surface area contributed by atoms with Gasteiger partial charge in [0.25, 0.3) is 5.91 Å². The molecule has 0 saturated heterocycles. The van der Waals surface area contributed by atoms with Crippen LogP contribution in [0.25, 0.3) is 10.4 Å². The lowest BCUT2D eigenvalue weighted by molar-refractivity contribution is -0.155. The van der Waals surface area contributed by atoms with Crippen molar-refractivity contribution in [3.8, 4) is 5.75 Å². The lowest BCUT2D eigenvalue weighted by Crippen LogP contribution is -2.49. The highest BCUT2D eigenvalue weighted by Gasteiger charge is 2.53. The van der Waals surface area contributed by atoms with Gasteiger partial charge in [-0.1, -0.05) is 59.2 Å². The Hall–Kier alpha value is -4.86. The Morgan fingerprint density at radius 2 is 1.80 bits per heavy atom. The molecule has 11 heteroatoms. The number of carbonyl (C=O) groups is 2. The summed E-state index contributed by atoms with van der Waals surface area (Å²) < 4.78 is 17.7. The molecule has 2 atom stereocenters. The number of aliphatic imine (C=N–C) groups is 1. The normalized spacial score (nSPS) is 17.3. The fourth-order valence-electron chi connectivity index (χ4n) is 5.11. The van der Waals surface area contributed by atoms with Crippen LogP contribution >= 0.6 is 0 Å². The van der Waals surface area contributed by atoms with Gasteiger partial charge in [-0.3, -0.25) is 9.59 Å². The smallest absolute Gasteiger partial charge is 0.306 e. The zero-order valence-electron chi connectivity index (χ0n) is 26.7. The quantitative estimate of drug-likeness (QED) is 0.0689. The van der Waals surface area contributed by atoms with Crippen LogP contribution in [0, 0.1) is 6.92 Å². The van der Waals surface area contributed by atoms with Crippen molar-refractivity contribution in [2.45, 2.75) is 70.6 Å². The third-order valence-electron chi connectivity index (χ3n) is 7.35. The van der Waals surface area contributed by atoms with Gasteiger partial charge in [-0.15, -0.1) is 0 Å². The molecule has 2 N–H and O–H groups in total. The third kappa shape index (κ3) is 8.87. The van der Waals surface area contributed by atoms with Gasteiger partial charge in [-0.2, -0.15) is 0 Å². The first kappa shape index (κ1) is 34.0. The lowest BCUT2D eigenvalue weighted by atomic mass is 9.82. The van der Waals surface area contributed by atoms with Crippen LogP contribution in [0.4, 0.5) is 5.69 Å². The molecule has 242 valence electrons. The van der Waals surface area contributed by atoms with E-state index in [1.54, 1.807) is 69.3 Å². The van der Waals surface area contributed by atoms with Gasteiger partial charge in [0.05, 0.1) is 6.61 Å². The van der Waals surface area contributed by atoms with Crippen molar-refractivity contribution < 1.29 is 28.9 Å². The third-order valence-corrected chi connectivity index (χ3v) is 7.35. The highest BCUT2D eigenvalue weighted by Crippen LogP contribution is 2.46. The number of aliphatic hydroxyl groups is 1. The molecule has 1 aliphatic rings. The molecule has 0 aromatic heterocycles. The number of carbonyl (C=O) groups excluding carboxylic acids is 2. The number of azide groups is 1. The van der Waals surface area contributed by atoms with E-state index in [9.17, 15) is 15.1 Å². The number of esters is 1. The van der Waals surface area contributed by atoms with Crippen LogP contribution in [0.1, 0.15) is 68.4 Å². The molecule has 1 amide bonds. The van der Waals surface area contributed by atoms with E-state index in [1.165, 1.54) is 0 Å². The Kier molecular flexibility index (Phi) is 11.4. The molecule has 46 heavy (non-hydrogen) atoms. The van der Waals surface area contributed by atoms with Crippen LogP contribution in [0.15, 0.2) is 82.9 Å². The summed E-state index contributed by atoms with van der Waals surface area (Å²) in [5.41, 5.74) is 10.5. The van der Waals surface area contributed by atoms with Gasteiger partial charge in [0, 0.05) is 47.7 Å². The second-order valence-corrected chi connectivity index (χ2v) is 12.1. The average Bonchev–Trinajstić information content (AvgIpc) is 3.42. The molecule has 0 fully saturated rings. The number of hydrogen-bond donors (Lipinski definition) is 2. The van der Waals surface area contributed by atoms with Crippen molar-refractivity contribution in [1.82, 2.24) is 5.32 Å². The van der Waals surface area contributed by atoms with E-state index in [4.69, 9.17) is 24.3 Å². The summed E-state index contributed by atoms with van der Waals surface area (Å²) in [6, 6.07) is 22.0. The van der Waals surface area contributed by atoms with E-state index < -0.39 is 29.1 Å². The molecule has 11 nitrogen and oxygen atoms in total. The van der Waals surface area contributed by atoms with E-state index in [0.717, 1.165) is 11.1 Å². The minimum absolute atomic E-state index is 0.0277. The summed E-state index contributed by atoms with van der Waals surface area (Å²) in [6.45, 7) is 8.08. The molecule has 1 heterocycles. The van der Waals surface area contributed by atoms with Gasteiger partial charge in [-0.05, 0) is 75.9 Å². The Bertz CT molecular complexity index is 1580. The van der Waals surface area contributed by atoms with Crippen molar-refractivity contribution in [1.29, 1.82) is 0 Å². The number of aryl methyl sites for hydroxylation is 1. The van der Waals surface area contributed by atoms with E-state index in [2.05, 4.69) is 15.3 Å². The molecule has 3 aromatic carbocycles. The van der Waals surface area contributed by atoms with Crippen molar-refractivity contribution in [3.63, 3.8) is 0 Å². The molecule has 0 unspecified atom stereocenters. The summed E-state index contributed by atoms with van der Waals surface area (Å²) in [5.74, 6) is -0.107. The zero-order chi connectivity index (χ0) is 33.2. The second-order valence-electron chi connectivity index (χ2n) is 12.1. The van der Waals surface area contributed by atoms with Gasteiger partial charge in [0.1, 0.15) is 11.4 Å². The largest absolute Gasteiger partial charge is 0.494 e. The van der Waals surface area contributed by atoms with E-state index in [0.29, 0.717) is 42.9 Å². The van der Waals surface area contributed by atoms with E-state index in [-0.39, 0.29) is 31.0 Å². The maximum atomic E-state index is 14.3. The number of nitrogens with zero attached hydrogens (tertiary/aromatic N) is 4. The number of amides is 1. The molecule has 0 bridgehead atoms. The second kappa shape index (κ2) is 15.4. The van der Waals surface area contributed by atoms with Crippen LogP contribution in [-0.2, 0) is 25.5 Å². The number of benzene rings is 3. The Morgan fingerprint density at radius 3 is 2.48 bits per heavy atom. The van der Waals surface area contributed by atoms with Gasteiger partial charge < -0.3 is 24.6 Å². The molecule has 1 aliphatic heterocycles. The Labute approximate surface area is 269 Å². The number of hydrogen-bond acceptors (Lipinski definition) is 8. The summed E-state index contributed by atoms with van der Waals surface area (Å²) in [4.78, 5) is 35.2. The average molecular weight is 628 g/mol. The molecule has 4 rings (SSSR count). The monoisotopic (exact) mass is 627 g/mol. The van der Waals surface area contributed by atoms with Crippen LogP contribution < -0.4 is 10.1 Å². The van der Waals surface area contributed by atoms with Crippen LogP contribution in [0.5, 0.6) is 5.75 Å². The molecule has 0 radical (unpaired) electrons. The highest BCUT2D eigenvalue weighted by molar-refractivity contribution is 6.01. The van der Waals surface area contributed by atoms with Crippen molar-refractivity contribution >= 4 is 23.5 Å². The van der Waals surface area contributed by atoms with Gasteiger partial charge in [0.2, 0.25) is 5.90 Å². The van der Waals surface area contributed by atoms with E-state index in [1.807, 2.05) is 31.2 Å². The lowest BCUT2D eigenvalue weighted by Gasteiger charge is -2.31. The first-order chi connectivity index (χ1) is 22.0. The van der Waals surface area contributed by atoms with Gasteiger partial charge in [-0.25, -0.2) is 4.99 Å². The number of aliphatic hydroxyl groups excluding tert-OH is 1. The molecular weight excluding hydrogens is 586 g/mol. The molecular formula is C35H41N5O6. The van der Waals surface area contributed by atoms with Crippen LogP contribution in [0.2, 0.25) is 0 Å². The van der Waals surface area contributed by atoms with Gasteiger partial charge >= 0.3 is 5.97 Å². The Morgan fingerprint density at radius 1 is 1.09 bits per heavy atom. The number of nitrogens with one attached hydrogen (secondary N) is 1. The minimum atomic E-state index is -1.60. The molecule has 0 aliphatic carbocycles. The van der Waals surface area contributed by atoms with Crippen LogP contribution in [0.3, 0.4) is 0 Å². The summed E-state index contributed by atoms with van der Waals surface area (Å²) in [6.07, 6.45) is -0.0710. The topological polar surface area (TPSA) is 155 Å². The van der Waals surface area contributed by atoms with Crippen molar-refractivity contribution in [3.05, 3.63) is 105 Å². The van der Waals surface area contributed by atoms with Crippen LogP contribution in [-0.4, -0.2) is 53.8 Å². The Balaban J connectivity index is 1.73. The number of ether oxygens (including phenoxy) is 3. The predicted molar refractivity (Wildman–Crippen MR) is 175 cm³/mol. The van der Waals surface area contributed by atoms with Gasteiger partial charge in [0.15, 0.2) is 11.6 Å². The SMILES string of the molecule is Cc1ccc(CCNC(=O)[C@]2(CCC(=O)OC(C)(C)C)N=C(c3ccc(OCCCO)cc3)O[C@@H]2c2ccccc2N=[N+]=[N-])cc1. The minimum Gasteiger partial charge on any atom is -0.494 e. The first-order valence-electron chi connectivity index (χ1n) is 15.3. The maximum absolute atomic E-state index is 14.3. The summed E-state index contributed by atoms with van der Waals surface area (Å²) >= 11 is 0. The molecule has 0 saturated carbocycles. The molecule has 3 aromatic rings. The summed E-state index contributed by atoms with van der Waals surface area (Å²) in [7, 11) is 0. The standard InChI is InChI=1S/C35H41N5O6/c1-24-10-12-25(13-11-24)19-21-37-33(43)35(20-18-30(42)46-34(2,3)4)31(28-8-5-6-9-29(28)39-40-36)45-32(38-35)26-14-16-27(17-15-26)44-23-7-22-41/h5-6,8-17,31,41H,7,18-23H2,1-4H3,(H,37,43)/t31-,35-/m1/s1.